The van der Waals surface area contributed by atoms with Crippen molar-refractivity contribution in [1.82, 2.24) is 9.80 Å². The predicted octanol–water partition coefficient (Wildman–Crippen LogP) is 1.54. The quantitative estimate of drug-likeness (QED) is 0.547. The molecular formula is C11H21N3. The van der Waals surface area contributed by atoms with Crippen LogP contribution in [0.15, 0.2) is 0 Å². The Morgan fingerprint density at radius 2 is 1.86 bits per heavy atom. The van der Waals surface area contributed by atoms with Gasteiger partial charge in [-0.1, -0.05) is 6.92 Å². The summed E-state index contributed by atoms with van der Waals surface area (Å²) >= 11 is 0. The van der Waals surface area contributed by atoms with Gasteiger partial charge in [0, 0.05) is 38.6 Å². The summed E-state index contributed by atoms with van der Waals surface area (Å²) in [5.41, 5.74) is 0. The third kappa shape index (κ3) is 2.27. The first-order chi connectivity index (χ1) is 6.81. The van der Waals surface area contributed by atoms with Crippen LogP contribution in [0.25, 0.3) is 0 Å². The molecule has 2 fully saturated rings. The predicted molar refractivity (Wildman–Crippen MR) is 58.8 cm³/mol. The number of hydrogen-bond acceptors (Lipinski definition) is 2. The number of nitrogens with one attached hydrogen (secondary N) is 1. The molecule has 1 saturated carbocycles. The molecule has 1 saturated heterocycles. The maximum Gasteiger partial charge on any atom is 0.0958 e. The smallest absolute Gasteiger partial charge is 0.0958 e. The van der Waals surface area contributed by atoms with Gasteiger partial charge in [0.25, 0.3) is 0 Å². The molecule has 3 heteroatoms. The van der Waals surface area contributed by atoms with Crippen LogP contribution >= 0.6 is 0 Å². The highest BCUT2D eigenvalue weighted by Gasteiger charge is 2.31. The van der Waals surface area contributed by atoms with Crippen molar-refractivity contribution in [2.45, 2.75) is 38.6 Å². The molecule has 14 heavy (non-hydrogen) atoms. The minimum atomic E-state index is 0.850. The standard InChI is InChI=1S/C11H21N3/c1-2-3-11(12)14-8-6-13(7-9-14)10-4-5-10/h10,12H,2-9H2,1H3. The number of amidine groups is 1. The van der Waals surface area contributed by atoms with Crippen LogP contribution in [0, 0.1) is 5.41 Å². The summed E-state index contributed by atoms with van der Waals surface area (Å²) in [4.78, 5) is 4.85. The van der Waals surface area contributed by atoms with Gasteiger partial charge in [0.15, 0.2) is 0 Å². The summed E-state index contributed by atoms with van der Waals surface area (Å²) < 4.78 is 0. The van der Waals surface area contributed by atoms with E-state index < -0.39 is 0 Å². The summed E-state index contributed by atoms with van der Waals surface area (Å²) in [6, 6.07) is 0.900. The van der Waals surface area contributed by atoms with E-state index in [1.54, 1.807) is 0 Å². The van der Waals surface area contributed by atoms with Gasteiger partial charge >= 0.3 is 0 Å². The van der Waals surface area contributed by atoms with E-state index in [9.17, 15) is 0 Å². The van der Waals surface area contributed by atoms with Crippen LogP contribution in [0.4, 0.5) is 0 Å². The van der Waals surface area contributed by atoms with Crippen molar-refractivity contribution in [1.29, 1.82) is 5.41 Å². The zero-order chi connectivity index (χ0) is 9.97. The van der Waals surface area contributed by atoms with Crippen molar-refractivity contribution in [2.24, 2.45) is 0 Å². The highest BCUT2D eigenvalue weighted by molar-refractivity contribution is 5.79. The largest absolute Gasteiger partial charge is 0.358 e. The van der Waals surface area contributed by atoms with Gasteiger partial charge in [-0.3, -0.25) is 10.3 Å². The van der Waals surface area contributed by atoms with Crippen LogP contribution in [-0.4, -0.2) is 47.9 Å². The minimum absolute atomic E-state index is 0.850. The number of nitrogens with zero attached hydrogens (tertiary/aromatic N) is 2. The van der Waals surface area contributed by atoms with Gasteiger partial charge in [-0.15, -0.1) is 0 Å². The van der Waals surface area contributed by atoms with Crippen molar-refractivity contribution >= 4 is 5.84 Å². The van der Waals surface area contributed by atoms with E-state index in [1.807, 2.05) is 0 Å². The lowest BCUT2D eigenvalue weighted by molar-refractivity contribution is 0.172. The molecule has 0 unspecified atom stereocenters. The molecule has 1 N–H and O–H groups in total. The van der Waals surface area contributed by atoms with E-state index in [0.29, 0.717) is 0 Å². The molecule has 0 radical (unpaired) electrons. The Labute approximate surface area is 86.6 Å². The molecule has 2 aliphatic rings. The van der Waals surface area contributed by atoms with Gasteiger partial charge in [-0.2, -0.15) is 0 Å². The molecule has 0 amide bonds. The van der Waals surface area contributed by atoms with Crippen LogP contribution in [0.1, 0.15) is 32.6 Å². The minimum Gasteiger partial charge on any atom is -0.358 e. The molecule has 0 aromatic heterocycles. The fraction of sp³-hybridized carbons (Fsp3) is 0.909. The van der Waals surface area contributed by atoms with Crippen LogP contribution in [0.5, 0.6) is 0 Å². The first-order valence-electron chi connectivity index (χ1n) is 5.87. The topological polar surface area (TPSA) is 30.3 Å². The fourth-order valence-electron chi connectivity index (χ4n) is 2.19. The number of rotatable bonds is 3. The molecule has 1 aliphatic heterocycles. The molecule has 80 valence electrons. The lowest BCUT2D eigenvalue weighted by atomic mass is 10.2. The van der Waals surface area contributed by atoms with E-state index in [4.69, 9.17) is 5.41 Å². The van der Waals surface area contributed by atoms with Crippen molar-refractivity contribution in [2.75, 3.05) is 26.2 Å². The van der Waals surface area contributed by atoms with Crippen LogP contribution in [-0.2, 0) is 0 Å². The number of hydrogen-bond donors (Lipinski definition) is 1. The Kier molecular flexibility index (Phi) is 3.06. The van der Waals surface area contributed by atoms with Gasteiger partial charge in [0.1, 0.15) is 0 Å². The van der Waals surface area contributed by atoms with Crippen LogP contribution in [0.3, 0.4) is 0 Å². The monoisotopic (exact) mass is 195 g/mol. The average Bonchev–Trinajstić information content (AvgIpc) is 3.02. The average molecular weight is 195 g/mol. The van der Waals surface area contributed by atoms with Crippen LogP contribution < -0.4 is 0 Å². The van der Waals surface area contributed by atoms with E-state index in [2.05, 4.69) is 16.7 Å². The third-order valence-electron chi connectivity index (χ3n) is 3.25. The molecule has 2 rings (SSSR count). The molecule has 3 nitrogen and oxygen atoms in total. The molecule has 0 aromatic rings. The Morgan fingerprint density at radius 1 is 1.21 bits per heavy atom. The first-order valence-corrected chi connectivity index (χ1v) is 5.87. The lowest BCUT2D eigenvalue weighted by Crippen LogP contribution is -2.49. The summed E-state index contributed by atoms with van der Waals surface area (Å²) in [5.74, 6) is 0.850. The fourth-order valence-corrected chi connectivity index (χ4v) is 2.19. The maximum atomic E-state index is 7.88. The molecule has 1 aliphatic carbocycles. The molecule has 0 atom stereocenters. The van der Waals surface area contributed by atoms with Crippen molar-refractivity contribution in [3.05, 3.63) is 0 Å². The van der Waals surface area contributed by atoms with Gasteiger partial charge in [0.2, 0.25) is 0 Å². The summed E-state index contributed by atoms with van der Waals surface area (Å²) in [6.07, 6.45) is 4.86. The molecular weight excluding hydrogens is 174 g/mol. The second-order valence-electron chi connectivity index (χ2n) is 4.45. The maximum absolute atomic E-state index is 7.88. The van der Waals surface area contributed by atoms with E-state index in [-0.39, 0.29) is 0 Å². The first kappa shape index (κ1) is 9.97. The van der Waals surface area contributed by atoms with E-state index >= 15 is 0 Å². The van der Waals surface area contributed by atoms with Crippen molar-refractivity contribution in [3.8, 4) is 0 Å². The highest BCUT2D eigenvalue weighted by Crippen LogP contribution is 2.27. The van der Waals surface area contributed by atoms with E-state index in [0.717, 1.165) is 37.8 Å². The molecule has 1 heterocycles. The Morgan fingerprint density at radius 3 is 2.36 bits per heavy atom. The molecule has 0 bridgehead atoms. The van der Waals surface area contributed by atoms with Crippen molar-refractivity contribution < 1.29 is 0 Å². The normalized spacial score (nSPS) is 23.9. The molecule has 0 spiro atoms. The third-order valence-corrected chi connectivity index (χ3v) is 3.25. The second-order valence-corrected chi connectivity index (χ2v) is 4.45. The Hall–Kier alpha value is -0.570. The Balaban J connectivity index is 1.74. The Bertz CT molecular complexity index is 203. The summed E-state index contributed by atoms with van der Waals surface area (Å²) in [5, 5.41) is 7.88. The zero-order valence-electron chi connectivity index (χ0n) is 9.13. The number of piperazine rings is 1. The van der Waals surface area contributed by atoms with Gasteiger partial charge in [-0.25, -0.2) is 0 Å². The zero-order valence-corrected chi connectivity index (χ0v) is 9.13. The summed E-state index contributed by atoms with van der Waals surface area (Å²) in [6.45, 7) is 6.66. The summed E-state index contributed by atoms with van der Waals surface area (Å²) in [7, 11) is 0. The SMILES string of the molecule is CCCC(=N)N1CCN(C2CC2)CC1. The van der Waals surface area contributed by atoms with Gasteiger partial charge in [0.05, 0.1) is 5.84 Å². The van der Waals surface area contributed by atoms with E-state index in [1.165, 1.54) is 25.9 Å². The lowest BCUT2D eigenvalue weighted by Gasteiger charge is -2.36. The highest BCUT2D eigenvalue weighted by atomic mass is 15.3. The molecule has 0 aromatic carbocycles. The van der Waals surface area contributed by atoms with Gasteiger partial charge < -0.3 is 4.90 Å². The van der Waals surface area contributed by atoms with Crippen molar-refractivity contribution in [3.63, 3.8) is 0 Å². The van der Waals surface area contributed by atoms with Gasteiger partial charge in [-0.05, 0) is 19.3 Å². The van der Waals surface area contributed by atoms with Crippen LogP contribution in [0.2, 0.25) is 0 Å². The second kappa shape index (κ2) is 4.30.